The molecule has 1 atom stereocenters. The van der Waals surface area contributed by atoms with Crippen LogP contribution in [-0.2, 0) is 20.0 Å². The molecule has 0 aliphatic carbocycles. The van der Waals surface area contributed by atoms with E-state index in [1.54, 1.807) is 0 Å². The maximum Gasteiger partial charge on any atom is 0.0863 e. The van der Waals surface area contributed by atoms with Crippen LogP contribution in [0.3, 0.4) is 0 Å². The molecule has 0 saturated heterocycles. The smallest absolute Gasteiger partial charge is 0.0863 e. The summed E-state index contributed by atoms with van der Waals surface area (Å²) in [4.78, 5) is 0. The molecule has 1 unspecified atom stereocenters. The van der Waals surface area contributed by atoms with E-state index in [9.17, 15) is 5.11 Å². The SMILES string of the molecule is CCc1nn(C)c(CNCCC(O)CC)c1Cl. The Kier molecular flexibility index (Phi) is 5.95. The van der Waals surface area contributed by atoms with E-state index in [1.165, 1.54) is 0 Å². The molecule has 0 aliphatic heterocycles. The fourth-order valence-electron chi connectivity index (χ4n) is 1.69. The number of halogens is 1. The van der Waals surface area contributed by atoms with E-state index in [0.29, 0.717) is 6.54 Å². The Morgan fingerprint density at radius 3 is 2.71 bits per heavy atom. The highest BCUT2D eigenvalue weighted by molar-refractivity contribution is 6.31. The first-order valence-corrected chi connectivity index (χ1v) is 6.56. The second kappa shape index (κ2) is 6.99. The second-order valence-corrected chi connectivity index (χ2v) is 4.59. The van der Waals surface area contributed by atoms with Gasteiger partial charge in [-0.1, -0.05) is 25.4 Å². The molecular weight excluding hydrogens is 238 g/mol. The van der Waals surface area contributed by atoms with Gasteiger partial charge in [0.25, 0.3) is 0 Å². The van der Waals surface area contributed by atoms with Gasteiger partial charge in [0.05, 0.1) is 22.5 Å². The van der Waals surface area contributed by atoms with Crippen LogP contribution in [0.1, 0.15) is 38.1 Å². The van der Waals surface area contributed by atoms with Gasteiger partial charge in [0.1, 0.15) is 0 Å². The zero-order valence-electron chi connectivity index (χ0n) is 10.8. The summed E-state index contributed by atoms with van der Waals surface area (Å²) in [7, 11) is 1.91. The van der Waals surface area contributed by atoms with Gasteiger partial charge >= 0.3 is 0 Å². The lowest BCUT2D eigenvalue weighted by Gasteiger charge is -2.09. The van der Waals surface area contributed by atoms with Gasteiger partial charge in [-0.2, -0.15) is 5.10 Å². The van der Waals surface area contributed by atoms with Crippen molar-refractivity contribution in [3.8, 4) is 0 Å². The molecule has 0 amide bonds. The first-order chi connectivity index (χ1) is 8.10. The van der Waals surface area contributed by atoms with E-state index >= 15 is 0 Å². The predicted octanol–water partition coefficient (Wildman–Crippen LogP) is 1.89. The van der Waals surface area contributed by atoms with E-state index in [4.69, 9.17) is 11.6 Å². The summed E-state index contributed by atoms with van der Waals surface area (Å²) in [6, 6.07) is 0. The number of hydrogen-bond donors (Lipinski definition) is 2. The van der Waals surface area contributed by atoms with Crippen LogP contribution in [0, 0.1) is 0 Å². The van der Waals surface area contributed by atoms with Crippen molar-refractivity contribution in [2.75, 3.05) is 6.54 Å². The highest BCUT2D eigenvalue weighted by atomic mass is 35.5. The van der Waals surface area contributed by atoms with Crippen molar-refractivity contribution in [1.29, 1.82) is 0 Å². The highest BCUT2D eigenvalue weighted by Crippen LogP contribution is 2.20. The number of nitrogens with zero attached hydrogens (tertiary/aromatic N) is 2. The number of aliphatic hydroxyl groups is 1. The number of nitrogens with one attached hydrogen (secondary N) is 1. The molecule has 98 valence electrons. The minimum Gasteiger partial charge on any atom is -0.393 e. The number of hydrogen-bond acceptors (Lipinski definition) is 3. The first kappa shape index (κ1) is 14.5. The molecule has 0 spiro atoms. The van der Waals surface area contributed by atoms with Crippen molar-refractivity contribution >= 4 is 11.6 Å². The minimum atomic E-state index is -0.212. The third kappa shape index (κ3) is 3.98. The van der Waals surface area contributed by atoms with E-state index < -0.39 is 0 Å². The van der Waals surface area contributed by atoms with Crippen molar-refractivity contribution in [1.82, 2.24) is 15.1 Å². The number of aliphatic hydroxyl groups excluding tert-OH is 1. The topological polar surface area (TPSA) is 50.1 Å². The average molecular weight is 260 g/mol. The van der Waals surface area contributed by atoms with Gasteiger partial charge in [-0.05, 0) is 25.8 Å². The molecule has 1 heterocycles. The summed E-state index contributed by atoms with van der Waals surface area (Å²) in [6.07, 6.45) is 2.21. The van der Waals surface area contributed by atoms with Crippen LogP contribution in [0.15, 0.2) is 0 Å². The lowest BCUT2D eigenvalue weighted by molar-refractivity contribution is 0.159. The van der Waals surface area contributed by atoms with Gasteiger partial charge < -0.3 is 10.4 Å². The summed E-state index contributed by atoms with van der Waals surface area (Å²) in [5, 5.41) is 17.8. The van der Waals surface area contributed by atoms with Crippen molar-refractivity contribution in [2.24, 2.45) is 7.05 Å². The molecule has 0 saturated carbocycles. The zero-order chi connectivity index (χ0) is 12.8. The molecule has 2 N–H and O–H groups in total. The van der Waals surface area contributed by atoms with E-state index in [-0.39, 0.29) is 6.10 Å². The van der Waals surface area contributed by atoms with E-state index in [2.05, 4.69) is 10.4 Å². The standard InChI is InChI=1S/C12H22ClN3O/c1-4-9(17)6-7-14-8-11-12(13)10(5-2)15-16(11)3/h9,14,17H,4-8H2,1-3H3. The van der Waals surface area contributed by atoms with Crippen molar-refractivity contribution in [3.05, 3.63) is 16.4 Å². The van der Waals surface area contributed by atoms with Crippen molar-refractivity contribution < 1.29 is 5.11 Å². The third-order valence-electron chi connectivity index (χ3n) is 2.92. The van der Waals surface area contributed by atoms with Gasteiger partial charge in [0.15, 0.2) is 0 Å². The Morgan fingerprint density at radius 1 is 1.47 bits per heavy atom. The average Bonchev–Trinajstić information content (AvgIpc) is 2.60. The number of rotatable bonds is 7. The molecule has 1 aromatic heterocycles. The minimum absolute atomic E-state index is 0.212. The number of aryl methyl sites for hydroxylation is 2. The van der Waals surface area contributed by atoms with Crippen LogP contribution >= 0.6 is 11.6 Å². The van der Waals surface area contributed by atoms with Gasteiger partial charge in [-0.25, -0.2) is 0 Å². The molecule has 0 bridgehead atoms. The monoisotopic (exact) mass is 259 g/mol. The predicted molar refractivity (Wildman–Crippen MR) is 70.2 cm³/mol. The Balaban J connectivity index is 2.44. The highest BCUT2D eigenvalue weighted by Gasteiger charge is 2.12. The fraction of sp³-hybridized carbons (Fsp3) is 0.750. The summed E-state index contributed by atoms with van der Waals surface area (Å²) in [5.74, 6) is 0. The van der Waals surface area contributed by atoms with Crippen molar-refractivity contribution in [2.45, 2.75) is 45.8 Å². The first-order valence-electron chi connectivity index (χ1n) is 6.19. The van der Waals surface area contributed by atoms with Crippen LogP contribution in [0.25, 0.3) is 0 Å². The molecule has 5 heteroatoms. The van der Waals surface area contributed by atoms with E-state index in [1.807, 2.05) is 25.6 Å². The molecule has 17 heavy (non-hydrogen) atoms. The Labute approximate surface area is 108 Å². The van der Waals surface area contributed by atoms with Crippen LogP contribution in [0.4, 0.5) is 0 Å². The van der Waals surface area contributed by atoms with Crippen LogP contribution < -0.4 is 5.32 Å². The van der Waals surface area contributed by atoms with Crippen LogP contribution in [0.2, 0.25) is 5.02 Å². The van der Waals surface area contributed by atoms with Crippen molar-refractivity contribution in [3.63, 3.8) is 0 Å². The molecular formula is C12H22ClN3O. The maximum atomic E-state index is 9.42. The molecule has 0 radical (unpaired) electrons. The Bertz CT molecular complexity index is 352. The summed E-state index contributed by atoms with van der Waals surface area (Å²) >= 11 is 6.23. The second-order valence-electron chi connectivity index (χ2n) is 4.21. The maximum absolute atomic E-state index is 9.42. The summed E-state index contributed by atoms with van der Waals surface area (Å²) in [5.41, 5.74) is 1.95. The fourth-order valence-corrected chi connectivity index (χ4v) is 2.05. The quantitative estimate of drug-likeness (QED) is 0.736. The summed E-state index contributed by atoms with van der Waals surface area (Å²) < 4.78 is 1.82. The molecule has 4 nitrogen and oxygen atoms in total. The van der Waals surface area contributed by atoms with Gasteiger partial charge in [-0.15, -0.1) is 0 Å². The largest absolute Gasteiger partial charge is 0.393 e. The Hall–Kier alpha value is -0.580. The lowest BCUT2D eigenvalue weighted by atomic mass is 10.2. The van der Waals surface area contributed by atoms with Gasteiger partial charge in [0.2, 0.25) is 0 Å². The summed E-state index contributed by atoms with van der Waals surface area (Å²) in [6.45, 7) is 5.51. The molecule has 1 rings (SSSR count). The van der Waals surface area contributed by atoms with Crippen LogP contribution in [0.5, 0.6) is 0 Å². The molecule has 0 fully saturated rings. The molecule has 0 aromatic carbocycles. The zero-order valence-corrected chi connectivity index (χ0v) is 11.6. The number of aromatic nitrogens is 2. The third-order valence-corrected chi connectivity index (χ3v) is 3.36. The molecule has 0 aliphatic rings. The van der Waals surface area contributed by atoms with Crippen LogP contribution in [-0.4, -0.2) is 27.5 Å². The normalized spacial score (nSPS) is 13.0. The molecule has 1 aromatic rings. The van der Waals surface area contributed by atoms with Gasteiger partial charge in [0, 0.05) is 13.6 Å². The van der Waals surface area contributed by atoms with Gasteiger partial charge in [-0.3, -0.25) is 4.68 Å². The van der Waals surface area contributed by atoms with E-state index in [0.717, 1.165) is 42.2 Å². The lowest BCUT2D eigenvalue weighted by Crippen LogP contribution is -2.21. The Morgan fingerprint density at radius 2 is 2.18 bits per heavy atom.